The van der Waals surface area contributed by atoms with E-state index in [1.807, 2.05) is 53.9 Å². The Morgan fingerprint density at radius 3 is 2.74 bits per heavy atom. The number of benzene rings is 1. The van der Waals surface area contributed by atoms with Crippen molar-refractivity contribution in [3.05, 3.63) is 64.5 Å². The number of thiophene rings is 1. The number of carbonyl (C=O) groups excluding carboxylic acids is 1. The fraction of sp³-hybridized carbons (Fsp3) is 0.222. The number of hydrogen-bond acceptors (Lipinski definition) is 4. The van der Waals surface area contributed by atoms with E-state index in [1.54, 1.807) is 11.3 Å². The summed E-state index contributed by atoms with van der Waals surface area (Å²) in [6.45, 7) is 0.571. The van der Waals surface area contributed by atoms with Crippen molar-refractivity contribution in [3.8, 4) is 11.3 Å². The molecular formula is C18H16N2O2S. The molecule has 4 rings (SSSR count). The van der Waals surface area contributed by atoms with E-state index in [9.17, 15) is 4.79 Å². The fourth-order valence-electron chi connectivity index (χ4n) is 2.71. The van der Waals surface area contributed by atoms with Crippen LogP contribution in [-0.2, 0) is 16.8 Å². The number of nitrogens with one attached hydrogen (secondary N) is 1. The standard InChI is InChI=1S/C18H16N2O2S/c21-17(19-12-14-7-4-10-23-14)18(8-9-18)16-11-15(22-20-16)13-5-2-1-3-6-13/h1-7,10-11H,8-9,12H2,(H,19,21). The summed E-state index contributed by atoms with van der Waals surface area (Å²) in [6, 6.07) is 15.7. The molecule has 0 atom stereocenters. The van der Waals surface area contributed by atoms with Crippen molar-refractivity contribution >= 4 is 17.2 Å². The monoisotopic (exact) mass is 324 g/mol. The zero-order valence-electron chi connectivity index (χ0n) is 12.5. The van der Waals surface area contributed by atoms with Crippen LogP contribution >= 0.6 is 11.3 Å². The van der Waals surface area contributed by atoms with Gasteiger partial charge in [-0.15, -0.1) is 11.3 Å². The lowest BCUT2D eigenvalue weighted by atomic mass is 10.0. The summed E-state index contributed by atoms with van der Waals surface area (Å²) < 4.78 is 5.45. The summed E-state index contributed by atoms with van der Waals surface area (Å²) in [7, 11) is 0. The van der Waals surface area contributed by atoms with Crippen molar-refractivity contribution < 1.29 is 9.32 Å². The Kier molecular flexibility index (Phi) is 3.50. The molecule has 2 heterocycles. The first-order chi connectivity index (χ1) is 11.3. The highest BCUT2D eigenvalue weighted by Gasteiger charge is 2.53. The van der Waals surface area contributed by atoms with E-state index in [0.717, 1.165) is 29.0 Å². The van der Waals surface area contributed by atoms with Crippen molar-refractivity contribution in [3.63, 3.8) is 0 Å². The van der Waals surface area contributed by atoms with Gasteiger partial charge in [0, 0.05) is 16.5 Å². The molecule has 0 bridgehead atoms. The molecule has 1 aliphatic rings. The van der Waals surface area contributed by atoms with E-state index in [0.29, 0.717) is 12.3 Å². The van der Waals surface area contributed by atoms with Crippen LogP contribution in [0.25, 0.3) is 11.3 Å². The molecule has 2 aromatic heterocycles. The Balaban J connectivity index is 1.51. The number of aromatic nitrogens is 1. The lowest BCUT2D eigenvalue weighted by Gasteiger charge is -2.11. The van der Waals surface area contributed by atoms with Gasteiger partial charge in [0.25, 0.3) is 0 Å². The second-order valence-electron chi connectivity index (χ2n) is 5.79. The van der Waals surface area contributed by atoms with Crippen LogP contribution in [0.2, 0.25) is 0 Å². The van der Waals surface area contributed by atoms with Crippen LogP contribution in [0.4, 0.5) is 0 Å². The fourth-order valence-corrected chi connectivity index (χ4v) is 3.36. The van der Waals surface area contributed by atoms with Gasteiger partial charge in [0.05, 0.1) is 17.7 Å². The van der Waals surface area contributed by atoms with Crippen LogP contribution in [0.15, 0.2) is 58.4 Å². The molecule has 5 heteroatoms. The van der Waals surface area contributed by atoms with Gasteiger partial charge in [-0.2, -0.15) is 0 Å². The molecule has 1 aliphatic carbocycles. The van der Waals surface area contributed by atoms with Gasteiger partial charge in [0.15, 0.2) is 5.76 Å². The highest BCUT2D eigenvalue weighted by Crippen LogP contribution is 2.48. The van der Waals surface area contributed by atoms with Gasteiger partial charge in [-0.05, 0) is 24.3 Å². The third-order valence-electron chi connectivity index (χ3n) is 4.25. The van der Waals surface area contributed by atoms with Crippen molar-refractivity contribution in [1.82, 2.24) is 10.5 Å². The van der Waals surface area contributed by atoms with Gasteiger partial charge in [-0.3, -0.25) is 4.79 Å². The zero-order chi connectivity index (χ0) is 15.7. The smallest absolute Gasteiger partial charge is 0.232 e. The first kappa shape index (κ1) is 14.2. The molecule has 0 saturated heterocycles. The molecule has 116 valence electrons. The minimum atomic E-state index is -0.506. The molecule has 0 unspecified atom stereocenters. The molecule has 1 amide bonds. The number of amides is 1. The third-order valence-corrected chi connectivity index (χ3v) is 5.12. The average molecular weight is 324 g/mol. The number of nitrogens with zero attached hydrogens (tertiary/aromatic N) is 1. The maximum absolute atomic E-state index is 12.6. The minimum Gasteiger partial charge on any atom is -0.356 e. The van der Waals surface area contributed by atoms with Crippen LogP contribution in [0, 0.1) is 0 Å². The Morgan fingerprint density at radius 2 is 2.04 bits per heavy atom. The molecule has 0 aliphatic heterocycles. The normalized spacial score (nSPS) is 15.3. The number of carbonyl (C=O) groups is 1. The lowest BCUT2D eigenvalue weighted by molar-refractivity contribution is -0.123. The van der Waals surface area contributed by atoms with E-state index < -0.39 is 5.41 Å². The van der Waals surface area contributed by atoms with E-state index in [2.05, 4.69) is 10.5 Å². The average Bonchev–Trinajstić information content (AvgIpc) is 3.03. The molecule has 3 aromatic rings. The predicted octanol–water partition coefficient (Wildman–Crippen LogP) is 3.75. The Morgan fingerprint density at radius 1 is 1.22 bits per heavy atom. The van der Waals surface area contributed by atoms with Crippen molar-refractivity contribution in [2.24, 2.45) is 0 Å². The maximum atomic E-state index is 12.6. The lowest BCUT2D eigenvalue weighted by Crippen LogP contribution is -2.34. The largest absolute Gasteiger partial charge is 0.356 e. The predicted molar refractivity (Wildman–Crippen MR) is 89.0 cm³/mol. The maximum Gasteiger partial charge on any atom is 0.232 e. The van der Waals surface area contributed by atoms with Gasteiger partial charge in [0.2, 0.25) is 5.91 Å². The Labute approximate surface area is 138 Å². The van der Waals surface area contributed by atoms with Gasteiger partial charge < -0.3 is 9.84 Å². The van der Waals surface area contributed by atoms with Gasteiger partial charge >= 0.3 is 0 Å². The van der Waals surface area contributed by atoms with E-state index in [1.165, 1.54) is 0 Å². The SMILES string of the molecule is O=C(NCc1cccs1)C1(c2cc(-c3ccccc3)on2)CC1. The zero-order valence-corrected chi connectivity index (χ0v) is 13.3. The minimum absolute atomic E-state index is 0.0406. The molecule has 1 saturated carbocycles. The summed E-state index contributed by atoms with van der Waals surface area (Å²) in [5.74, 6) is 0.747. The summed E-state index contributed by atoms with van der Waals surface area (Å²) in [6.07, 6.45) is 1.65. The van der Waals surface area contributed by atoms with Crippen LogP contribution in [-0.4, -0.2) is 11.1 Å². The first-order valence-electron chi connectivity index (χ1n) is 7.61. The van der Waals surface area contributed by atoms with Gasteiger partial charge in [-0.1, -0.05) is 41.6 Å². The summed E-state index contributed by atoms with van der Waals surface area (Å²) in [5, 5.41) is 9.20. The second kappa shape index (κ2) is 5.66. The van der Waals surface area contributed by atoms with Crippen molar-refractivity contribution in [2.45, 2.75) is 24.8 Å². The first-order valence-corrected chi connectivity index (χ1v) is 8.49. The van der Waals surface area contributed by atoms with E-state index in [-0.39, 0.29) is 5.91 Å². The van der Waals surface area contributed by atoms with E-state index in [4.69, 9.17) is 4.52 Å². The van der Waals surface area contributed by atoms with Crippen LogP contribution < -0.4 is 5.32 Å². The van der Waals surface area contributed by atoms with Crippen molar-refractivity contribution in [1.29, 1.82) is 0 Å². The molecule has 0 radical (unpaired) electrons. The Bertz CT molecular complexity index is 805. The highest BCUT2D eigenvalue weighted by atomic mass is 32.1. The number of hydrogen-bond donors (Lipinski definition) is 1. The summed E-state index contributed by atoms with van der Waals surface area (Å²) >= 11 is 1.64. The molecule has 1 fully saturated rings. The quantitative estimate of drug-likeness (QED) is 0.777. The Hall–Kier alpha value is -2.40. The van der Waals surface area contributed by atoms with Crippen LogP contribution in [0.3, 0.4) is 0 Å². The van der Waals surface area contributed by atoms with Crippen LogP contribution in [0.1, 0.15) is 23.4 Å². The van der Waals surface area contributed by atoms with Gasteiger partial charge in [0.1, 0.15) is 0 Å². The summed E-state index contributed by atoms with van der Waals surface area (Å²) in [4.78, 5) is 13.7. The summed E-state index contributed by atoms with van der Waals surface area (Å²) in [5.41, 5.74) is 1.20. The number of rotatable bonds is 5. The molecule has 23 heavy (non-hydrogen) atoms. The molecular weight excluding hydrogens is 308 g/mol. The molecule has 1 aromatic carbocycles. The molecule has 1 N–H and O–H groups in total. The molecule has 0 spiro atoms. The highest BCUT2D eigenvalue weighted by molar-refractivity contribution is 7.09. The third kappa shape index (κ3) is 2.68. The van der Waals surface area contributed by atoms with Gasteiger partial charge in [-0.25, -0.2) is 0 Å². The molecule has 4 nitrogen and oxygen atoms in total. The van der Waals surface area contributed by atoms with Crippen molar-refractivity contribution in [2.75, 3.05) is 0 Å². The van der Waals surface area contributed by atoms with Crippen LogP contribution in [0.5, 0.6) is 0 Å². The second-order valence-corrected chi connectivity index (χ2v) is 6.82. The van der Waals surface area contributed by atoms with E-state index >= 15 is 0 Å². The topological polar surface area (TPSA) is 55.1 Å².